The number of nitrogens with one attached hydrogen (secondary N) is 3. The summed E-state index contributed by atoms with van der Waals surface area (Å²) in [7, 11) is 0. The van der Waals surface area contributed by atoms with Crippen LogP contribution in [0.1, 0.15) is 16.7 Å². The van der Waals surface area contributed by atoms with Crippen LogP contribution in [0.3, 0.4) is 0 Å². The van der Waals surface area contributed by atoms with Gasteiger partial charge >= 0.3 is 6.03 Å². The minimum Gasteiger partial charge on any atom is -0.361 e. The maximum Gasteiger partial charge on any atom is 0.325 e. The Morgan fingerprint density at radius 1 is 1.10 bits per heavy atom. The first-order chi connectivity index (χ1) is 13.9. The van der Waals surface area contributed by atoms with E-state index in [1.165, 1.54) is 0 Å². The van der Waals surface area contributed by atoms with Crippen LogP contribution in [-0.2, 0) is 16.0 Å². The van der Waals surface area contributed by atoms with Gasteiger partial charge in [0.25, 0.3) is 5.91 Å². The molecular weight excluding hydrogens is 368 g/mol. The predicted octanol–water partition coefficient (Wildman–Crippen LogP) is 2.89. The minimum atomic E-state index is -0.685. The lowest BCUT2D eigenvalue weighted by atomic mass is 10.1. The maximum absolute atomic E-state index is 12.7. The highest BCUT2D eigenvalue weighted by Gasteiger charge is 2.39. The van der Waals surface area contributed by atoms with Gasteiger partial charge in [-0.25, -0.2) is 4.79 Å². The van der Waals surface area contributed by atoms with E-state index in [2.05, 4.69) is 15.6 Å². The van der Waals surface area contributed by atoms with E-state index in [-0.39, 0.29) is 6.54 Å². The lowest BCUT2D eigenvalue weighted by Gasteiger charge is -2.14. The van der Waals surface area contributed by atoms with E-state index in [0.29, 0.717) is 12.1 Å². The van der Waals surface area contributed by atoms with Gasteiger partial charge in [-0.05, 0) is 42.7 Å². The van der Waals surface area contributed by atoms with Crippen LogP contribution >= 0.6 is 0 Å². The number of aromatic nitrogens is 1. The molecule has 0 radical (unpaired) electrons. The van der Waals surface area contributed by atoms with Crippen LogP contribution in [0.4, 0.5) is 10.5 Å². The Balaban J connectivity index is 1.44. The summed E-state index contributed by atoms with van der Waals surface area (Å²) in [6, 6.07) is 12.2. The van der Waals surface area contributed by atoms with E-state index >= 15 is 0 Å². The van der Waals surface area contributed by atoms with Crippen LogP contribution in [0, 0.1) is 13.8 Å². The average molecular weight is 390 g/mol. The number of hydrogen-bond donors (Lipinski definition) is 3. The zero-order valence-corrected chi connectivity index (χ0v) is 16.3. The van der Waals surface area contributed by atoms with Gasteiger partial charge in [0.2, 0.25) is 5.91 Å². The molecule has 1 aromatic heterocycles. The van der Waals surface area contributed by atoms with Crippen molar-refractivity contribution in [3.8, 4) is 0 Å². The number of para-hydroxylation sites is 1. The summed E-state index contributed by atoms with van der Waals surface area (Å²) in [5.74, 6) is -0.800. The largest absolute Gasteiger partial charge is 0.361 e. The molecule has 1 fully saturated rings. The molecule has 4 amide bonds. The number of rotatable bonds is 5. The summed E-state index contributed by atoms with van der Waals surface area (Å²) in [5, 5.41) is 6.49. The average Bonchev–Trinajstić information content (AvgIpc) is 3.22. The van der Waals surface area contributed by atoms with Gasteiger partial charge in [0.15, 0.2) is 0 Å². The Kier molecular flexibility index (Phi) is 4.80. The van der Waals surface area contributed by atoms with Gasteiger partial charge < -0.3 is 15.6 Å². The SMILES string of the molecule is Cc1cccc(NC(=O)CN2C(=O)NC(Cc3c[nH]c4ccccc34)C2=O)c1C. The highest BCUT2D eigenvalue weighted by atomic mass is 16.2. The number of imide groups is 1. The Morgan fingerprint density at radius 3 is 2.72 bits per heavy atom. The molecule has 1 atom stereocenters. The molecule has 1 saturated heterocycles. The molecule has 4 rings (SSSR count). The van der Waals surface area contributed by atoms with Crippen LogP contribution in [0.5, 0.6) is 0 Å². The van der Waals surface area contributed by atoms with Crippen molar-refractivity contribution in [2.75, 3.05) is 11.9 Å². The van der Waals surface area contributed by atoms with Crippen LogP contribution < -0.4 is 10.6 Å². The number of carbonyl (C=O) groups is 3. The van der Waals surface area contributed by atoms with Crippen LogP contribution in [0.15, 0.2) is 48.7 Å². The molecule has 0 bridgehead atoms. The number of H-pyrrole nitrogens is 1. The fraction of sp³-hybridized carbons (Fsp3) is 0.227. The van der Waals surface area contributed by atoms with Gasteiger partial charge in [-0.1, -0.05) is 30.3 Å². The second-order valence-electron chi connectivity index (χ2n) is 7.29. The van der Waals surface area contributed by atoms with Gasteiger partial charge in [0, 0.05) is 29.2 Å². The highest BCUT2D eigenvalue weighted by molar-refractivity contribution is 6.08. The summed E-state index contributed by atoms with van der Waals surface area (Å²) in [4.78, 5) is 41.6. The number of carbonyl (C=O) groups excluding carboxylic acids is 3. The second kappa shape index (κ2) is 7.43. The monoisotopic (exact) mass is 390 g/mol. The van der Waals surface area contributed by atoms with Crippen molar-refractivity contribution in [1.29, 1.82) is 0 Å². The molecule has 3 N–H and O–H groups in total. The molecule has 148 valence electrons. The van der Waals surface area contributed by atoms with E-state index in [4.69, 9.17) is 0 Å². The van der Waals surface area contributed by atoms with Crippen LogP contribution in [0.25, 0.3) is 10.9 Å². The number of fused-ring (bicyclic) bond motifs is 1. The third kappa shape index (κ3) is 3.59. The number of benzene rings is 2. The summed E-state index contributed by atoms with van der Waals surface area (Å²) < 4.78 is 0. The van der Waals surface area contributed by atoms with Crippen molar-refractivity contribution < 1.29 is 14.4 Å². The Morgan fingerprint density at radius 2 is 1.90 bits per heavy atom. The fourth-order valence-corrected chi connectivity index (χ4v) is 3.61. The topological polar surface area (TPSA) is 94.3 Å². The first-order valence-electron chi connectivity index (χ1n) is 9.47. The van der Waals surface area contributed by atoms with Crippen LogP contribution in [0.2, 0.25) is 0 Å². The number of amides is 4. The number of aryl methyl sites for hydroxylation is 1. The minimum absolute atomic E-state index is 0.317. The van der Waals surface area contributed by atoms with Gasteiger partial charge in [-0.2, -0.15) is 0 Å². The predicted molar refractivity (Wildman–Crippen MR) is 111 cm³/mol. The third-order valence-electron chi connectivity index (χ3n) is 5.39. The lowest BCUT2D eigenvalue weighted by molar-refractivity contribution is -0.130. The van der Waals surface area contributed by atoms with Crippen LogP contribution in [-0.4, -0.2) is 40.3 Å². The third-order valence-corrected chi connectivity index (χ3v) is 5.39. The number of urea groups is 1. The molecule has 2 heterocycles. The van der Waals surface area contributed by atoms with Crippen molar-refractivity contribution in [3.63, 3.8) is 0 Å². The zero-order valence-electron chi connectivity index (χ0n) is 16.3. The van der Waals surface area contributed by atoms with E-state index in [1.807, 2.05) is 56.4 Å². The molecular formula is C22H22N4O3. The molecule has 29 heavy (non-hydrogen) atoms. The van der Waals surface area contributed by atoms with Gasteiger partial charge in [-0.15, -0.1) is 0 Å². The normalized spacial score (nSPS) is 16.3. The van der Waals surface area contributed by atoms with Gasteiger partial charge in [0.1, 0.15) is 12.6 Å². The Labute approximate surface area is 168 Å². The quantitative estimate of drug-likeness (QED) is 0.585. The lowest BCUT2D eigenvalue weighted by Crippen LogP contribution is -2.38. The highest BCUT2D eigenvalue weighted by Crippen LogP contribution is 2.22. The molecule has 3 aromatic rings. The standard InChI is InChI=1S/C22H22N4O3/c1-13-6-5-9-17(14(13)2)24-20(27)12-26-21(28)19(25-22(26)29)10-15-11-23-18-8-4-3-7-16(15)18/h3-9,11,19,23H,10,12H2,1-2H3,(H,24,27)(H,25,29). The van der Waals surface area contributed by atoms with Crippen molar-refractivity contribution in [3.05, 3.63) is 65.4 Å². The van der Waals surface area contributed by atoms with Crippen molar-refractivity contribution in [2.24, 2.45) is 0 Å². The smallest absolute Gasteiger partial charge is 0.325 e. The molecule has 1 aliphatic rings. The van der Waals surface area contributed by atoms with E-state index < -0.39 is 23.9 Å². The Hall–Kier alpha value is -3.61. The number of nitrogens with zero attached hydrogens (tertiary/aromatic N) is 1. The molecule has 0 spiro atoms. The van der Waals surface area contributed by atoms with E-state index in [1.54, 1.807) is 6.07 Å². The summed E-state index contributed by atoms with van der Waals surface area (Å²) >= 11 is 0. The number of hydrogen-bond acceptors (Lipinski definition) is 3. The molecule has 7 nitrogen and oxygen atoms in total. The molecule has 0 saturated carbocycles. The molecule has 2 aromatic carbocycles. The molecule has 0 aliphatic carbocycles. The van der Waals surface area contributed by atoms with Gasteiger partial charge in [-0.3, -0.25) is 14.5 Å². The number of anilines is 1. The van der Waals surface area contributed by atoms with Gasteiger partial charge in [0.05, 0.1) is 0 Å². The summed E-state index contributed by atoms with van der Waals surface area (Å²) in [6.07, 6.45) is 2.21. The first kappa shape index (κ1) is 18.7. The maximum atomic E-state index is 12.7. The molecule has 1 unspecified atom stereocenters. The molecule has 1 aliphatic heterocycles. The summed E-state index contributed by atoms with van der Waals surface area (Å²) in [6.45, 7) is 3.55. The number of aromatic amines is 1. The summed E-state index contributed by atoms with van der Waals surface area (Å²) in [5.41, 5.74) is 4.61. The fourth-order valence-electron chi connectivity index (χ4n) is 3.61. The van der Waals surface area contributed by atoms with Crippen molar-refractivity contribution in [2.45, 2.75) is 26.3 Å². The second-order valence-corrected chi connectivity index (χ2v) is 7.29. The van der Waals surface area contributed by atoms with E-state index in [0.717, 1.165) is 32.5 Å². The first-order valence-corrected chi connectivity index (χ1v) is 9.47. The van der Waals surface area contributed by atoms with Crippen molar-refractivity contribution >= 4 is 34.4 Å². The Bertz CT molecular complexity index is 1120. The van der Waals surface area contributed by atoms with Crippen molar-refractivity contribution in [1.82, 2.24) is 15.2 Å². The van der Waals surface area contributed by atoms with E-state index in [9.17, 15) is 14.4 Å². The zero-order chi connectivity index (χ0) is 20.5. The molecule has 7 heteroatoms.